The minimum absolute atomic E-state index is 0.163. The third-order valence-corrected chi connectivity index (χ3v) is 5.00. The van der Waals surface area contributed by atoms with Gasteiger partial charge in [0.15, 0.2) is 0 Å². The highest BCUT2D eigenvalue weighted by molar-refractivity contribution is 6.51. The van der Waals surface area contributed by atoms with Gasteiger partial charge in [0.1, 0.15) is 10.3 Å². The molecule has 0 N–H and O–H groups in total. The Hall–Kier alpha value is 0.620. The number of nitrogens with zero attached hydrogens (tertiary/aromatic N) is 2. The van der Waals surface area contributed by atoms with Gasteiger partial charge in [-0.2, -0.15) is 0 Å². The lowest BCUT2D eigenvalue weighted by Crippen LogP contribution is -1.78. The molecule has 0 saturated heterocycles. The fraction of sp³-hybridized carbons (Fsp3) is 0. The van der Waals surface area contributed by atoms with Crippen molar-refractivity contribution in [2.75, 3.05) is 0 Å². The highest BCUT2D eigenvalue weighted by Crippen LogP contribution is 2.33. The van der Waals surface area contributed by atoms with Crippen LogP contribution in [0.4, 0.5) is 0 Å². The van der Waals surface area contributed by atoms with Crippen molar-refractivity contribution in [1.29, 1.82) is 0 Å². The maximum atomic E-state index is 5.59. The van der Waals surface area contributed by atoms with Crippen LogP contribution in [-0.2, 0) is 0 Å². The molecule has 0 radical (unpaired) electrons. The van der Waals surface area contributed by atoms with Crippen molar-refractivity contribution in [3.8, 4) is 0 Å². The molecule has 2 heterocycles. The van der Waals surface area contributed by atoms with Crippen molar-refractivity contribution in [2.45, 2.75) is 0 Å². The van der Waals surface area contributed by atoms with Gasteiger partial charge in [-0.25, -0.2) is 9.97 Å². The maximum absolute atomic E-state index is 5.59. The van der Waals surface area contributed by atoms with Gasteiger partial charge in [-0.3, -0.25) is 0 Å². The maximum Gasteiger partial charge on any atom is 0.149 e. The Kier molecular flexibility index (Phi) is 7.75. The topological polar surface area (TPSA) is 25.8 Å². The molecule has 0 spiro atoms. The summed E-state index contributed by atoms with van der Waals surface area (Å²) in [5, 5.41) is 1.79. The highest BCUT2D eigenvalue weighted by Gasteiger charge is 2.07. The van der Waals surface area contributed by atoms with Crippen LogP contribution >= 0.6 is 92.8 Å². The fourth-order valence-electron chi connectivity index (χ4n) is 0.844. The fourth-order valence-corrected chi connectivity index (χ4v) is 2.19. The van der Waals surface area contributed by atoms with Crippen LogP contribution in [0.3, 0.4) is 0 Å². The molecule has 0 fully saturated rings. The zero-order valence-electron chi connectivity index (χ0n) is 9.07. The van der Waals surface area contributed by atoms with Crippen LogP contribution in [0.1, 0.15) is 0 Å². The van der Waals surface area contributed by atoms with Crippen LogP contribution < -0.4 is 0 Å². The summed E-state index contributed by atoms with van der Waals surface area (Å²) in [4.78, 5) is 7.31. The molecule has 2 nitrogen and oxygen atoms in total. The van der Waals surface area contributed by atoms with E-state index in [-0.39, 0.29) is 30.4 Å². The van der Waals surface area contributed by atoms with Crippen molar-refractivity contribution in [2.24, 2.45) is 0 Å². The lowest BCUT2D eigenvalue weighted by atomic mass is 10.5. The lowest BCUT2D eigenvalue weighted by molar-refractivity contribution is 1.33. The van der Waals surface area contributed by atoms with Crippen molar-refractivity contribution in [3.05, 3.63) is 52.8 Å². The van der Waals surface area contributed by atoms with Crippen LogP contribution in [0.2, 0.25) is 40.4 Å². The van der Waals surface area contributed by atoms with Crippen molar-refractivity contribution in [1.82, 2.24) is 9.97 Å². The average Bonchev–Trinajstić information content (AvgIpc) is 2.43. The summed E-state index contributed by atoms with van der Waals surface area (Å²) in [6.45, 7) is 0. The number of aromatic nitrogens is 2. The monoisotopic (exact) mass is 430 g/mol. The molecule has 0 atom stereocenters. The first-order valence-corrected chi connectivity index (χ1v) is 7.58. The first kappa shape index (κ1) is 18.7. The second-order valence-corrected chi connectivity index (χ2v) is 6.09. The normalized spacial score (nSPS) is 10.0. The Bertz CT molecular complexity index is 522. The van der Waals surface area contributed by atoms with E-state index >= 15 is 0 Å². The predicted molar refractivity (Wildman–Crippen MR) is 88.6 cm³/mol. The van der Waals surface area contributed by atoms with Crippen LogP contribution in [0, 0.1) is 0 Å². The molecule has 0 aliphatic rings. The number of rotatable bonds is 0. The van der Waals surface area contributed by atoms with Crippen LogP contribution in [0.5, 0.6) is 0 Å². The summed E-state index contributed by atoms with van der Waals surface area (Å²) in [7, 11) is 0. The van der Waals surface area contributed by atoms with Gasteiger partial charge in [0.05, 0.1) is 30.1 Å². The van der Waals surface area contributed by atoms with Gasteiger partial charge in [0, 0.05) is 12.4 Å². The van der Waals surface area contributed by atoms with E-state index in [1.54, 1.807) is 0 Å². The first-order chi connectivity index (χ1) is 9.25. The highest BCUT2D eigenvalue weighted by atomic mass is 35.5. The minimum Gasteiger partial charge on any atom is -0.241 e. The summed E-state index contributed by atoms with van der Waals surface area (Å²) in [5.74, 6) is 0. The van der Waals surface area contributed by atoms with E-state index in [2.05, 4.69) is 9.97 Å². The first-order valence-electron chi connectivity index (χ1n) is 4.55. The number of hydrogen-bond acceptors (Lipinski definition) is 2. The zero-order chi connectivity index (χ0) is 15.4. The summed E-state index contributed by atoms with van der Waals surface area (Å²) in [5.41, 5.74) is 0. The van der Waals surface area contributed by atoms with Gasteiger partial charge in [0.2, 0.25) is 0 Å². The smallest absolute Gasteiger partial charge is 0.149 e. The van der Waals surface area contributed by atoms with Crippen LogP contribution in [-0.4, -0.2) is 9.97 Å². The molecule has 0 aromatic carbocycles. The number of pyridine rings is 2. The number of halogens is 8. The predicted octanol–water partition coefficient (Wildman–Crippen LogP) is 7.39. The molecule has 10 heteroatoms. The van der Waals surface area contributed by atoms with Gasteiger partial charge in [-0.05, 0) is 0 Å². The zero-order valence-corrected chi connectivity index (χ0v) is 15.1. The summed E-state index contributed by atoms with van der Waals surface area (Å²) in [6, 6.07) is 0. The van der Waals surface area contributed by atoms with E-state index < -0.39 is 0 Å². The summed E-state index contributed by atoms with van der Waals surface area (Å²) < 4.78 is 0. The molecule has 2 rings (SSSR count). The number of hydrogen-bond donors (Lipinski definition) is 0. The van der Waals surface area contributed by atoms with Gasteiger partial charge < -0.3 is 0 Å². The molecule has 108 valence electrons. The van der Waals surface area contributed by atoms with Crippen molar-refractivity contribution < 1.29 is 0 Å². The van der Waals surface area contributed by atoms with E-state index in [1.807, 2.05) is 0 Å². The molecule has 0 amide bonds. The van der Waals surface area contributed by atoms with Crippen LogP contribution in [0.25, 0.3) is 0 Å². The van der Waals surface area contributed by atoms with E-state index in [1.165, 1.54) is 12.4 Å². The molecular formula is C10H2Cl8N2. The molecule has 20 heavy (non-hydrogen) atoms. The van der Waals surface area contributed by atoms with E-state index in [4.69, 9.17) is 92.8 Å². The van der Waals surface area contributed by atoms with E-state index in [0.29, 0.717) is 10.0 Å². The molecule has 2 aromatic heterocycles. The van der Waals surface area contributed by atoms with Gasteiger partial charge in [-0.1, -0.05) is 92.8 Å². The minimum atomic E-state index is 0.163. The Morgan fingerprint density at radius 2 is 0.800 bits per heavy atom. The largest absolute Gasteiger partial charge is 0.241 e. The third-order valence-electron chi connectivity index (χ3n) is 1.75. The molecule has 0 saturated carbocycles. The second-order valence-electron chi connectivity index (χ2n) is 3.05. The molecule has 0 aliphatic carbocycles. The molecule has 0 bridgehead atoms. The van der Waals surface area contributed by atoms with Gasteiger partial charge in [0.25, 0.3) is 0 Å². The Balaban J connectivity index is 0.000000200. The average molecular weight is 434 g/mol. The van der Waals surface area contributed by atoms with E-state index in [9.17, 15) is 0 Å². The van der Waals surface area contributed by atoms with Crippen LogP contribution in [0.15, 0.2) is 12.4 Å². The quantitative estimate of drug-likeness (QED) is 0.405. The molecule has 0 aliphatic heterocycles. The lowest BCUT2D eigenvalue weighted by Gasteiger charge is -1.97. The van der Waals surface area contributed by atoms with Crippen molar-refractivity contribution >= 4 is 92.8 Å². The Morgan fingerprint density at radius 3 is 1.05 bits per heavy atom. The van der Waals surface area contributed by atoms with E-state index in [0.717, 1.165) is 0 Å². The third kappa shape index (κ3) is 4.82. The molecule has 2 aromatic rings. The standard InChI is InChI=1S/2C5HCl4N/c2*6-2-1-10-5(9)4(8)3(2)7/h2*1H. The summed E-state index contributed by atoms with van der Waals surface area (Å²) >= 11 is 44.4. The molecular weight excluding hydrogens is 432 g/mol. The Morgan fingerprint density at radius 1 is 0.500 bits per heavy atom. The molecule has 0 unspecified atom stereocenters. The van der Waals surface area contributed by atoms with Crippen molar-refractivity contribution in [3.63, 3.8) is 0 Å². The van der Waals surface area contributed by atoms with Gasteiger partial charge in [-0.15, -0.1) is 0 Å². The SMILES string of the molecule is Clc1cnc(Cl)c(Cl)c1Cl.Clc1cnc(Cl)c(Cl)c1Cl. The van der Waals surface area contributed by atoms with Gasteiger partial charge >= 0.3 is 0 Å². The Labute approximate surface area is 154 Å². The second kappa shape index (κ2) is 8.30. The summed E-state index contributed by atoms with van der Waals surface area (Å²) in [6.07, 6.45) is 2.69.